The van der Waals surface area contributed by atoms with Crippen LogP contribution in [0.1, 0.15) is 69.9 Å². The maximum atomic E-state index is 2.37. The summed E-state index contributed by atoms with van der Waals surface area (Å²) in [5.74, 6) is 2.30. The van der Waals surface area contributed by atoms with Crippen LogP contribution in [0.5, 0.6) is 0 Å². The SMILES string of the molecule is CC(C)CC[NH+]1CCC(c2ccc(C(C)C)cc2)CC1. The lowest BCUT2D eigenvalue weighted by molar-refractivity contribution is -0.905. The third-order valence-corrected chi connectivity index (χ3v) is 4.84. The zero-order valence-electron chi connectivity index (χ0n) is 13.8. The van der Waals surface area contributed by atoms with Gasteiger partial charge in [-0.1, -0.05) is 52.0 Å². The van der Waals surface area contributed by atoms with Gasteiger partial charge >= 0.3 is 0 Å². The Kier molecular flexibility index (Phi) is 5.65. The first-order valence-electron chi connectivity index (χ1n) is 8.49. The topological polar surface area (TPSA) is 4.44 Å². The summed E-state index contributed by atoms with van der Waals surface area (Å²) in [5.41, 5.74) is 3.03. The number of nitrogens with one attached hydrogen (secondary N) is 1. The maximum absolute atomic E-state index is 2.37. The zero-order valence-corrected chi connectivity index (χ0v) is 13.8. The standard InChI is InChI=1S/C19H31N/c1-15(2)9-12-20-13-10-19(11-14-20)18-7-5-17(6-8-18)16(3)4/h5-8,15-16,19H,9-14H2,1-4H3/p+1. The van der Waals surface area contributed by atoms with E-state index in [1.54, 1.807) is 5.56 Å². The Bertz CT molecular complexity index is 383. The fourth-order valence-electron chi connectivity index (χ4n) is 3.26. The van der Waals surface area contributed by atoms with Crippen LogP contribution in [-0.4, -0.2) is 19.6 Å². The number of hydrogen-bond donors (Lipinski definition) is 1. The van der Waals surface area contributed by atoms with Crippen LogP contribution in [0.2, 0.25) is 0 Å². The predicted octanol–water partition coefficient (Wildman–Crippen LogP) is 3.62. The minimum atomic E-state index is 0.645. The molecular formula is C19H32N+. The molecule has 0 aliphatic carbocycles. The Morgan fingerprint density at radius 2 is 1.60 bits per heavy atom. The van der Waals surface area contributed by atoms with E-state index in [4.69, 9.17) is 0 Å². The highest BCUT2D eigenvalue weighted by atomic mass is 15.1. The summed E-state index contributed by atoms with van der Waals surface area (Å²) >= 11 is 0. The Morgan fingerprint density at radius 1 is 1.00 bits per heavy atom. The molecule has 0 amide bonds. The molecule has 0 radical (unpaired) electrons. The van der Waals surface area contributed by atoms with E-state index >= 15 is 0 Å². The van der Waals surface area contributed by atoms with Gasteiger partial charge in [0, 0.05) is 12.8 Å². The average molecular weight is 274 g/mol. The number of piperidine rings is 1. The molecule has 0 atom stereocenters. The average Bonchev–Trinajstić information content (AvgIpc) is 2.46. The largest absolute Gasteiger partial charge is 0.335 e. The van der Waals surface area contributed by atoms with Gasteiger partial charge in [-0.25, -0.2) is 0 Å². The molecule has 1 aliphatic rings. The van der Waals surface area contributed by atoms with Gasteiger partial charge in [-0.3, -0.25) is 0 Å². The van der Waals surface area contributed by atoms with Crippen LogP contribution in [0.25, 0.3) is 0 Å². The minimum Gasteiger partial charge on any atom is -0.335 e. The van der Waals surface area contributed by atoms with Crippen molar-refractivity contribution in [1.82, 2.24) is 0 Å². The fraction of sp³-hybridized carbons (Fsp3) is 0.684. The van der Waals surface area contributed by atoms with Crippen molar-refractivity contribution < 1.29 is 4.90 Å². The summed E-state index contributed by atoms with van der Waals surface area (Å²) < 4.78 is 0. The van der Waals surface area contributed by atoms with Crippen LogP contribution in [0.15, 0.2) is 24.3 Å². The third-order valence-electron chi connectivity index (χ3n) is 4.84. The number of benzene rings is 1. The summed E-state index contributed by atoms with van der Waals surface area (Å²) in [6, 6.07) is 9.41. The lowest BCUT2D eigenvalue weighted by Gasteiger charge is -2.30. The molecule has 1 N–H and O–H groups in total. The summed E-state index contributed by atoms with van der Waals surface area (Å²) in [6.45, 7) is 13.3. The van der Waals surface area contributed by atoms with E-state index in [1.165, 1.54) is 44.5 Å². The van der Waals surface area contributed by atoms with Crippen molar-refractivity contribution in [3.05, 3.63) is 35.4 Å². The predicted molar refractivity (Wildman–Crippen MR) is 87.5 cm³/mol. The number of rotatable bonds is 5. The highest BCUT2D eigenvalue weighted by molar-refractivity contribution is 5.27. The second-order valence-electron chi connectivity index (χ2n) is 7.28. The van der Waals surface area contributed by atoms with Crippen molar-refractivity contribution in [3.8, 4) is 0 Å². The molecule has 1 heterocycles. The summed E-state index contributed by atoms with van der Waals surface area (Å²) in [7, 11) is 0. The lowest BCUT2D eigenvalue weighted by Crippen LogP contribution is -3.13. The van der Waals surface area contributed by atoms with Crippen molar-refractivity contribution in [2.24, 2.45) is 5.92 Å². The van der Waals surface area contributed by atoms with Crippen LogP contribution >= 0.6 is 0 Å². The van der Waals surface area contributed by atoms with E-state index in [0.717, 1.165) is 11.8 Å². The van der Waals surface area contributed by atoms with Crippen molar-refractivity contribution in [2.45, 2.75) is 58.8 Å². The highest BCUT2D eigenvalue weighted by Gasteiger charge is 2.23. The number of likely N-dealkylation sites (tertiary alicyclic amines) is 1. The molecule has 2 rings (SSSR count). The summed E-state index contributed by atoms with van der Waals surface area (Å²) in [5, 5.41) is 0. The molecule has 1 heteroatoms. The van der Waals surface area contributed by atoms with Gasteiger partial charge in [0.15, 0.2) is 0 Å². The number of quaternary nitrogens is 1. The molecule has 1 aliphatic heterocycles. The first-order chi connectivity index (χ1) is 9.56. The Balaban J connectivity index is 1.84. The molecule has 20 heavy (non-hydrogen) atoms. The molecule has 0 unspecified atom stereocenters. The van der Waals surface area contributed by atoms with Gasteiger partial charge in [-0.15, -0.1) is 0 Å². The molecule has 0 spiro atoms. The Morgan fingerprint density at radius 3 is 2.10 bits per heavy atom. The van der Waals surface area contributed by atoms with E-state index in [1.807, 2.05) is 4.90 Å². The second kappa shape index (κ2) is 7.26. The molecule has 112 valence electrons. The van der Waals surface area contributed by atoms with E-state index in [-0.39, 0.29) is 0 Å². The van der Waals surface area contributed by atoms with Crippen LogP contribution in [0.4, 0.5) is 0 Å². The van der Waals surface area contributed by atoms with Gasteiger partial charge < -0.3 is 4.90 Å². The van der Waals surface area contributed by atoms with Crippen LogP contribution in [-0.2, 0) is 0 Å². The van der Waals surface area contributed by atoms with Gasteiger partial charge in [-0.2, -0.15) is 0 Å². The third kappa shape index (κ3) is 4.34. The molecule has 1 aromatic rings. The monoisotopic (exact) mass is 274 g/mol. The summed E-state index contributed by atoms with van der Waals surface area (Å²) in [6.07, 6.45) is 4.12. The number of hydrogen-bond acceptors (Lipinski definition) is 0. The van der Waals surface area contributed by atoms with Crippen LogP contribution in [0.3, 0.4) is 0 Å². The molecule has 0 aromatic heterocycles. The normalized spacial score (nSPS) is 23.5. The van der Waals surface area contributed by atoms with Crippen molar-refractivity contribution in [1.29, 1.82) is 0 Å². The molecule has 0 saturated carbocycles. The molecule has 0 bridgehead atoms. The fourth-order valence-corrected chi connectivity index (χ4v) is 3.26. The zero-order chi connectivity index (χ0) is 14.5. The molecule has 1 fully saturated rings. The van der Waals surface area contributed by atoms with Gasteiger partial charge in [0.05, 0.1) is 19.6 Å². The van der Waals surface area contributed by atoms with E-state index in [0.29, 0.717) is 5.92 Å². The first-order valence-corrected chi connectivity index (χ1v) is 8.49. The van der Waals surface area contributed by atoms with Gasteiger partial charge in [-0.05, 0) is 35.3 Å². The Labute approximate surface area is 125 Å². The quantitative estimate of drug-likeness (QED) is 0.836. The van der Waals surface area contributed by atoms with Gasteiger partial charge in [0.1, 0.15) is 0 Å². The second-order valence-corrected chi connectivity index (χ2v) is 7.28. The molecule has 1 saturated heterocycles. The molecular weight excluding hydrogens is 242 g/mol. The first kappa shape index (κ1) is 15.6. The van der Waals surface area contributed by atoms with E-state index in [9.17, 15) is 0 Å². The van der Waals surface area contributed by atoms with Crippen molar-refractivity contribution >= 4 is 0 Å². The minimum absolute atomic E-state index is 0.645. The van der Waals surface area contributed by atoms with Crippen molar-refractivity contribution in [3.63, 3.8) is 0 Å². The van der Waals surface area contributed by atoms with E-state index in [2.05, 4.69) is 52.0 Å². The highest BCUT2D eigenvalue weighted by Crippen LogP contribution is 2.25. The Hall–Kier alpha value is -0.820. The maximum Gasteiger partial charge on any atom is 0.0776 e. The van der Waals surface area contributed by atoms with E-state index < -0.39 is 0 Å². The van der Waals surface area contributed by atoms with Crippen LogP contribution < -0.4 is 4.90 Å². The molecule has 1 nitrogen and oxygen atoms in total. The van der Waals surface area contributed by atoms with Gasteiger partial charge in [0.25, 0.3) is 0 Å². The lowest BCUT2D eigenvalue weighted by atomic mass is 9.88. The smallest absolute Gasteiger partial charge is 0.0776 e. The van der Waals surface area contributed by atoms with Gasteiger partial charge in [0.2, 0.25) is 0 Å². The van der Waals surface area contributed by atoms with Crippen LogP contribution in [0, 0.1) is 5.92 Å². The van der Waals surface area contributed by atoms with Crippen molar-refractivity contribution in [2.75, 3.05) is 19.6 Å². The molecule has 1 aromatic carbocycles. The summed E-state index contributed by atoms with van der Waals surface area (Å²) in [4.78, 5) is 1.83.